The number of alkyl halides is 2. The number of nitrogens with two attached hydrogens (primary N) is 1. The van der Waals surface area contributed by atoms with Crippen LogP contribution in [-0.2, 0) is 4.74 Å². The molecule has 0 saturated heterocycles. The summed E-state index contributed by atoms with van der Waals surface area (Å²) in [6, 6.07) is 5.45. The smallest absolute Gasteiger partial charge is 0.387 e. The zero-order valence-electron chi connectivity index (χ0n) is 11.1. The number of carbonyl (C=O) groups excluding carboxylic acids is 1. The van der Waals surface area contributed by atoms with Gasteiger partial charge in [0.1, 0.15) is 5.75 Å². The highest BCUT2D eigenvalue weighted by atomic mass is 19.3. The fourth-order valence-corrected chi connectivity index (χ4v) is 1.58. The summed E-state index contributed by atoms with van der Waals surface area (Å²) in [6.07, 6.45) is 0.562. The van der Waals surface area contributed by atoms with Crippen molar-refractivity contribution < 1.29 is 23.0 Å². The molecule has 0 bridgehead atoms. The quantitative estimate of drug-likeness (QED) is 0.758. The van der Waals surface area contributed by atoms with E-state index in [-0.39, 0.29) is 23.3 Å². The van der Waals surface area contributed by atoms with Crippen LogP contribution in [0, 0.1) is 0 Å². The van der Waals surface area contributed by atoms with Crippen LogP contribution in [0.3, 0.4) is 0 Å². The fraction of sp³-hybridized carbons (Fsp3) is 0.462. The van der Waals surface area contributed by atoms with Crippen molar-refractivity contribution in [2.45, 2.75) is 19.1 Å². The lowest BCUT2D eigenvalue weighted by atomic mass is 10.2. The molecule has 0 aliphatic carbocycles. The number of methoxy groups -OCH3 is 1. The number of halogens is 2. The van der Waals surface area contributed by atoms with Crippen molar-refractivity contribution in [1.29, 1.82) is 0 Å². The van der Waals surface area contributed by atoms with E-state index in [1.165, 1.54) is 24.3 Å². The highest BCUT2D eigenvalue weighted by molar-refractivity contribution is 5.94. The first-order valence-electron chi connectivity index (χ1n) is 6.10. The Morgan fingerprint density at radius 2 is 2.20 bits per heavy atom. The van der Waals surface area contributed by atoms with Crippen molar-refractivity contribution in [3.8, 4) is 5.75 Å². The van der Waals surface area contributed by atoms with Crippen LogP contribution in [0.5, 0.6) is 5.75 Å². The third-order valence-corrected chi connectivity index (χ3v) is 2.50. The van der Waals surface area contributed by atoms with Crippen LogP contribution in [0.25, 0.3) is 0 Å². The predicted octanol–water partition coefficient (Wildman–Crippen LogP) is 1.38. The average Bonchev–Trinajstić information content (AvgIpc) is 2.38. The van der Waals surface area contributed by atoms with Crippen molar-refractivity contribution in [3.63, 3.8) is 0 Å². The minimum Gasteiger partial charge on any atom is -0.435 e. The minimum atomic E-state index is -2.92. The van der Waals surface area contributed by atoms with E-state index in [1.807, 2.05) is 0 Å². The molecule has 0 aliphatic rings. The number of nitrogens with one attached hydrogen (secondary N) is 1. The van der Waals surface area contributed by atoms with Crippen molar-refractivity contribution in [2.75, 3.05) is 20.3 Å². The summed E-state index contributed by atoms with van der Waals surface area (Å²) >= 11 is 0. The number of ether oxygens (including phenoxy) is 2. The zero-order valence-corrected chi connectivity index (χ0v) is 11.1. The first-order valence-corrected chi connectivity index (χ1v) is 6.10. The molecule has 3 N–H and O–H groups in total. The molecule has 1 aromatic rings. The third kappa shape index (κ3) is 5.94. The van der Waals surface area contributed by atoms with Gasteiger partial charge in [-0.2, -0.15) is 8.78 Å². The third-order valence-electron chi connectivity index (χ3n) is 2.50. The molecule has 1 rings (SSSR count). The van der Waals surface area contributed by atoms with Crippen LogP contribution in [0.2, 0.25) is 0 Å². The van der Waals surface area contributed by atoms with Gasteiger partial charge in [-0.1, -0.05) is 6.07 Å². The monoisotopic (exact) mass is 288 g/mol. The zero-order chi connectivity index (χ0) is 15.0. The molecule has 1 amide bonds. The lowest BCUT2D eigenvalue weighted by Gasteiger charge is -2.11. The Morgan fingerprint density at radius 3 is 2.85 bits per heavy atom. The molecule has 0 spiro atoms. The Morgan fingerprint density at radius 1 is 1.45 bits per heavy atom. The Balaban J connectivity index is 2.47. The predicted molar refractivity (Wildman–Crippen MR) is 69.9 cm³/mol. The highest BCUT2D eigenvalue weighted by Gasteiger charge is 2.10. The second kappa shape index (κ2) is 8.44. The largest absolute Gasteiger partial charge is 0.435 e. The van der Waals surface area contributed by atoms with Gasteiger partial charge in [-0.15, -0.1) is 0 Å². The van der Waals surface area contributed by atoms with Gasteiger partial charge in [-0.05, 0) is 24.6 Å². The van der Waals surface area contributed by atoms with Crippen molar-refractivity contribution in [1.82, 2.24) is 5.32 Å². The van der Waals surface area contributed by atoms with Crippen LogP contribution in [0.15, 0.2) is 24.3 Å². The highest BCUT2D eigenvalue weighted by Crippen LogP contribution is 2.15. The maximum Gasteiger partial charge on any atom is 0.387 e. The van der Waals surface area contributed by atoms with Crippen molar-refractivity contribution in [3.05, 3.63) is 29.8 Å². The van der Waals surface area contributed by atoms with E-state index in [0.29, 0.717) is 19.6 Å². The molecule has 20 heavy (non-hydrogen) atoms. The summed E-state index contributed by atoms with van der Waals surface area (Å²) in [5, 5.41) is 2.65. The van der Waals surface area contributed by atoms with Gasteiger partial charge in [-0.3, -0.25) is 4.79 Å². The van der Waals surface area contributed by atoms with Gasteiger partial charge in [0.05, 0.1) is 6.61 Å². The van der Waals surface area contributed by atoms with Gasteiger partial charge in [0.15, 0.2) is 0 Å². The van der Waals surface area contributed by atoms with E-state index in [1.54, 1.807) is 7.11 Å². The summed E-state index contributed by atoms with van der Waals surface area (Å²) in [5.74, 6) is -0.418. The number of benzene rings is 1. The van der Waals surface area contributed by atoms with Crippen LogP contribution in [0.1, 0.15) is 16.8 Å². The van der Waals surface area contributed by atoms with Crippen LogP contribution < -0.4 is 15.8 Å². The summed E-state index contributed by atoms with van der Waals surface area (Å²) in [5.41, 5.74) is 5.96. The molecule has 1 atom stereocenters. The topological polar surface area (TPSA) is 73.6 Å². The molecule has 0 fully saturated rings. The molecule has 0 aliphatic heterocycles. The molecule has 1 unspecified atom stereocenters. The van der Waals surface area contributed by atoms with E-state index in [2.05, 4.69) is 10.1 Å². The molecule has 0 heterocycles. The maximum absolute atomic E-state index is 12.1. The lowest BCUT2D eigenvalue weighted by Crippen LogP contribution is -2.32. The second-order valence-corrected chi connectivity index (χ2v) is 4.17. The van der Waals surface area contributed by atoms with Crippen LogP contribution in [0.4, 0.5) is 8.78 Å². The van der Waals surface area contributed by atoms with Gasteiger partial charge >= 0.3 is 6.61 Å². The number of rotatable bonds is 8. The Kier molecular flexibility index (Phi) is 6.89. The maximum atomic E-state index is 12.1. The SMILES string of the molecule is COCC(N)CCNC(=O)c1cccc(OC(F)F)c1. The molecular formula is C13H18F2N2O3. The van der Waals surface area contributed by atoms with Gasteiger partial charge in [0.2, 0.25) is 0 Å². The number of carbonyl (C=O) groups is 1. The van der Waals surface area contributed by atoms with Crippen LogP contribution >= 0.6 is 0 Å². The van der Waals surface area contributed by atoms with Gasteiger partial charge in [-0.25, -0.2) is 0 Å². The van der Waals surface area contributed by atoms with E-state index in [9.17, 15) is 13.6 Å². The van der Waals surface area contributed by atoms with Crippen LogP contribution in [-0.4, -0.2) is 38.8 Å². The molecule has 7 heteroatoms. The van der Waals surface area contributed by atoms with E-state index in [0.717, 1.165) is 0 Å². The molecule has 112 valence electrons. The average molecular weight is 288 g/mol. The molecule has 0 saturated carbocycles. The molecule has 5 nitrogen and oxygen atoms in total. The molecule has 0 radical (unpaired) electrons. The van der Waals surface area contributed by atoms with Gasteiger partial charge < -0.3 is 20.5 Å². The standard InChI is InChI=1S/C13H18F2N2O3/c1-19-8-10(16)5-6-17-12(18)9-3-2-4-11(7-9)20-13(14)15/h2-4,7,10,13H,5-6,8,16H2,1H3,(H,17,18). The molecule has 1 aromatic carbocycles. The van der Waals surface area contributed by atoms with E-state index >= 15 is 0 Å². The van der Waals surface area contributed by atoms with Gasteiger partial charge in [0.25, 0.3) is 5.91 Å². The van der Waals surface area contributed by atoms with Crippen molar-refractivity contribution >= 4 is 5.91 Å². The number of hydrogen-bond donors (Lipinski definition) is 2. The normalized spacial score (nSPS) is 12.2. The van der Waals surface area contributed by atoms with Gasteiger partial charge in [0, 0.05) is 25.3 Å². The van der Waals surface area contributed by atoms with Crippen molar-refractivity contribution in [2.24, 2.45) is 5.73 Å². The summed E-state index contributed by atoms with van der Waals surface area (Å²) in [4.78, 5) is 11.8. The summed E-state index contributed by atoms with van der Waals surface area (Å²) in [7, 11) is 1.55. The number of amides is 1. The Hall–Kier alpha value is -1.73. The number of hydrogen-bond acceptors (Lipinski definition) is 4. The van der Waals surface area contributed by atoms with E-state index < -0.39 is 6.61 Å². The summed E-state index contributed by atoms with van der Waals surface area (Å²) < 4.78 is 33.2. The second-order valence-electron chi connectivity index (χ2n) is 4.17. The Bertz CT molecular complexity index is 430. The fourth-order valence-electron chi connectivity index (χ4n) is 1.58. The van der Waals surface area contributed by atoms with E-state index in [4.69, 9.17) is 10.5 Å². The first kappa shape index (κ1) is 16.3. The summed E-state index contributed by atoms with van der Waals surface area (Å²) in [6.45, 7) is -2.13. The minimum absolute atomic E-state index is 0.0521. The Labute approximate surface area is 116 Å². The first-order chi connectivity index (χ1) is 9.52. The molecule has 0 aromatic heterocycles. The lowest BCUT2D eigenvalue weighted by molar-refractivity contribution is -0.0498. The molecular weight excluding hydrogens is 270 g/mol.